The van der Waals surface area contributed by atoms with Crippen LogP contribution in [0.2, 0.25) is 0 Å². The van der Waals surface area contributed by atoms with Crippen molar-refractivity contribution < 1.29 is 32.9 Å². The van der Waals surface area contributed by atoms with E-state index < -0.39 is 26.6 Å². The summed E-state index contributed by atoms with van der Waals surface area (Å²) in [6, 6.07) is -0.909. The molecule has 0 aliphatic heterocycles. The van der Waals surface area contributed by atoms with Gasteiger partial charge in [0.15, 0.2) is 0 Å². The van der Waals surface area contributed by atoms with Gasteiger partial charge in [-0.3, -0.25) is 9.36 Å². The van der Waals surface area contributed by atoms with E-state index in [4.69, 9.17) is 9.05 Å². The Morgan fingerprint density at radius 3 is 1.01 bits per heavy atom. The first-order chi connectivity index (χ1) is 39.0. The number of nitrogens with zero attached hydrogens (tertiary/aromatic N) is 1. The lowest BCUT2D eigenvalue weighted by atomic mass is 10.0. The molecule has 0 bridgehead atoms. The van der Waals surface area contributed by atoms with Crippen LogP contribution in [0.1, 0.15) is 361 Å². The van der Waals surface area contributed by atoms with Crippen LogP contribution in [0.4, 0.5) is 0 Å². The number of phosphoric ester groups is 1. The monoisotopic (exact) mass is 1150 g/mol. The number of likely N-dealkylation sites (N-methyl/N-ethyl adjacent to an activating group) is 1. The zero-order chi connectivity index (χ0) is 58.4. The molecule has 0 aromatic rings. The fourth-order valence-electron chi connectivity index (χ4n) is 10.8. The molecule has 0 radical (unpaired) electrons. The summed E-state index contributed by atoms with van der Waals surface area (Å²) in [6.45, 7) is 4.68. The fourth-order valence-corrected chi connectivity index (χ4v) is 11.6. The first kappa shape index (κ1) is 78.7. The molecule has 0 aliphatic carbocycles. The van der Waals surface area contributed by atoms with E-state index in [0.717, 1.165) is 44.9 Å². The highest BCUT2D eigenvalue weighted by atomic mass is 31.2. The van der Waals surface area contributed by atoms with Gasteiger partial charge in [-0.25, -0.2) is 0 Å². The SMILES string of the molecule is CCCCCCCCCCCCCCCCCCCC/C=C/CC/C=C/CC/C=C/C(O)C(COP(=O)([O-])OCC[N+](C)(C)C)NC(=O)CCCCCCCCCCCCCCCCCCCCCCCCCCCCCCCC. The van der Waals surface area contributed by atoms with Crippen LogP contribution in [-0.2, 0) is 18.4 Å². The normalized spacial score (nSPS) is 13.8. The lowest BCUT2D eigenvalue weighted by Crippen LogP contribution is -2.45. The van der Waals surface area contributed by atoms with Crippen molar-refractivity contribution in [3.05, 3.63) is 36.5 Å². The van der Waals surface area contributed by atoms with Crippen LogP contribution in [-0.4, -0.2) is 68.5 Å². The van der Waals surface area contributed by atoms with Gasteiger partial charge < -0.3 is 28.8 Å². The molecule has 474 valence electrons. The van der Waals surface area contributed by atoms with Crippen LogP contribution in [0.15, 0.2) is 36.5 Å². The van der Waals surface area contributed by atoms with E-state index >= 15 is 0 Å². The average Bonchev–Trinajstić information content (AvgIpc) is 3.42. The zero-order valence-corrected chi connectivity index (χ0v) is 55.2. The van der Waals surface area contributed by atoms with E-state index in [2.05, 4.69) is 43.5 Å². The zero-order valence-electron chi connectivity index (χ0n) is 54.3. The Labute approximate surface area is 499 Å². The van der Waals surface area contributed by atoms with Crippen molar-refractivity contribution in [3.63, 3.8) is 0 Å². The summed E-state index contributed by atoms with van der Waals surface area (Å²) < 4.78 is 23.4. The molecule has 3 unspecified atom stereocenters. The molecule has 0 aromatic heterocycles. The molecule has 8 nitrogen and oxygen atoms in total. The molecule has 0 rings (SSSR count). The van der Waals surface area contributed by atoms with E-state index in [1.807, 2.05) is 27.2 Å². The second-order valence-electron chi connectivity index (χ2n) is 25.6. The second-order valence-corrected chi connectivity index (χ2v) is 27.0. The van der Waals surface area contributed by atoms with E-state index in [1.54, 1.807) is 6.08 Å². The van der Waals surface area contributed by atoms with Gasteiger partial charge in [-0.15, -0.1) is 0 Å². The van der Waals surface area contributed by atoms with Crippen molar-refractivity contribution in [1.29, 1.82) is 0 Å². The standard InChI is InChI=1S/C71H139N2O6P/c1-6-8-10-12-14-16-18-20-22-24-26-28-30-32-34-36-37-39-41-43-45-47-49-51-53-55-57-59-61-63-65-71(75)72-69(68-79-80(76,77)78-67-66-73(3,4)5)70(74)64-62-60-58-56-54-52-50-48-46-44-42-40-38-35-33-31-29-27-25-23-21-19-17-15-13-11-9-7-2/h46,48,54,56,62,64,69-70,74H,6-45,47,49-53,55,57-61,63,65-68H2,1-5H3,(H-,72,75,76,77)/b48-46+,56-54+,64-62+. The smallest absolute Gasteiger partial charge is 0.268 e. The number of aliphatic hydroxyl groups excluding tert-OH is 1. The number of hydrogen-bond donors (Lipinski definition) is 2. The van der Waals surface area contributed by atoms with Gasteiger partial charge in [-0.05, 0) is 44.9 Å². The van der Waals surface area contributed by atoms with Crippen LogP contribution >= 0.6 is 7.82 Å². The molecule has 0 spiro atoms. The Morgan fingerprint density at radius 2 is 0.700 bits per heavy atom. The maximum Gasteiger partial charge on any atom is 0.268 e. The number of rotatable bonds is 66. The Balaban J connectivity index is 4.09. The van der Waals surface area contributed by atoms with E-state index in [0.29, 0.717) is 17.4 Å². The number of aliphatic hydroxyl groups is 1. The molecule has 0 heterocycles. The molecule has 0 aliphatic rings. The molecule has 0 saturated carbocycles. The predicted molar refractivity (Wildman–Crippen MR) is 348 cm³/mol. The van der Waals surface area contributed by atoms with Crippen molar-refractivity contribution >= 4 is 13.7 Å². The number of quaternary nitrogens is 1. The highest BCUT2D eigenvalue weighted by Gasteiger charge is 2.23. The van der Waals surface area contributed by atoms with E-state index in [9.17, 15) is 19.4 Å². The molecular formula is C71H139N2O6P. The van der Waals surface area contributed by atoms with Crippen molar-refractivity contribution in [2.75, 3.05) is 40.9 Å². The molecule has 0 saturated heterocycles. The maximum absolute atomic E-state index is 13.0. The topological polar surface area (TPSA) is 108 Å². The van der Waals surface area contributed by atoms with Gasteiger partial charge in [-0.1, -0.05) is 346 Å². The summed E-state index contributed by atoms with van der Waals surface area (Å²) in [5.74, 6) is -0.203. The highest BCUT2D eigenvalue weighted by Crippen LogP contribution is 2.38. The molecule has 1 amide bonds. The van der Waals surface area contributed by atoms with Gasteiger partial charge in [0.1, 0.15) is 13.2 Å². The van der Waals surface area contributed by atoms with Crippen molar-refractivity contribution in [2.24, 2.45) is 0 Å². The van der Waals surface area contributed by atoms with E-state index in [-0.39, 0.29) is 12.5 Å². The summed E-state index contributed by atoms with van der Waals surface area (Å²) in [4.78, 5) is 25.6. The number of carbonyl (C=O) groups is 1. The number of carbonyl (C=O) groups excluding carboxylic acids is 1. The first-order valence-corrected chi connectivity index (χ1v) is 36.8. The minimum absolute atomic E-state index is 0.00706. The number of unbranched alkanes of at least 4 members (excludes halogenated alkanes) is 49. The van der Waals surface area contributed by atoms with Crippen LogP contribution < -0.4 is 10.2 Å². The number of amides is 1. The average molecular weight is 1150 g/mol. The van der Waals surface area contributed by atoms with Gasteiger partial charge >= 0.3 is 0 Å². The number of hydrogen-bond acceptors (Lipinski definition) is 6. The van der Waals surface area contributed by atoms with Crippen LogP contribution in [0.3, 0.4) is 0 Å². The Hall–Kier alpha value is -1.28. The van der Waals surface area contributed by atoms with Gasteiger partial charge in [0, 0.05) is 6.42 Å². The summed E-state index contributed by atoms with van der Waals surface area (Å²) in [6.07, 6.45) is 82.8. The summed E-state index contributed by atoms with van der Waals surface area (Å²) >= 11 is 0. The predicted octanol–water partition coefficient (Wildman–Crippen LogP) is 21.8. The largest absolute Gasteiger partial charge is 0.756 e. The van der Waals surface area contributed by atoms with Crippen molar-refractivity contribution in [1.82, 2.24) is 5.32 Å². The third-order valence-electron chi connectivity index (χ3n) is 16.3. The molecule has 2 N–H and O–H groups in total. The number of phosphoric acid groups is 1. The fraction of sp³-hybridized carbons (Fsp3) is 0.901. The molecule has 0 fully saturated rings. The molecule has 0 aromatic carbocycles. The lowest BCUT2D eigenvalue weighted by molar-refractivity contribution is -0.870. The second kappa shape index (κ2) is 62.3. The Kier molecular flexibility index (Phi) is 61.3. The summed E-state index contributed by atoms with van der Waals surface area (Å²) in [5, 5.41) is 13.9. The molecule has 9 heteroatoms. The third kappa shape index (κ3) is 64.3. The minimum Gasteiger partial charge on any atom is -0.756 e. The minimum atomic E-state index is -4.61. The lowest BCUT2D eigenvalue weighted by Gasteiger charge is -2.29. The van der Waals surface area contributed by atoms with Gasteiger partial charge in [0.2, 0.25) is 5.91 Å². The van der Waals surface area contributed by atoms with Gasteiger partial charge in [-0.2, -0.15) is 0 Å². The Morgan fingerprint density at radius 1 is 0.425 bits per heavy atom. The quantitative estimate of drug-likeness (QED) is 0.0272. The first-order valence-electron chi connectivity index (χ1n) is 35.4. The van der Waals surface area contributed by atoms with Crippen molar-refractivity contribution in [3.8, 4) is 0 Å². The molecular weight excluding hydrogens is 1010 g/mol. The van der Waals surface area contributed by atoms with Crippen LogP contribution in [0.5, 0.6) is 0 Å². The van der Waals surface area contributed by atoms with Gasteiger partial charge in [0.05, 0.1) is 39.9 Å². The molecule has 3 atom stereocenters. The van der Waals surface area contributed by atoms with E-state index in [1.165, 1.54) is 295 Å². The number of allylic oxidation sites excluding steroid dienone is 5. The molecule has 80 heavy (non-hydrogen) atoms. The highest BCUT2D eigenvalue weighted by molar-refractivity contribution is 7.45. The number of nitrogens with one attached hydrogen (secondary N) is 1. The summed E-state index contributed by atoms with van der Waals surface area (Å²) in [7, 11) is 1.25. The summed E-state index contributed by atoms with van der Waals surface area (Å²) in [5.41, 5.74) is 0. The van der Waals surface area contributed by atoms with Crippen LogP contribution in [0, 0.1) is 0 Å². The Bertz CT molecular complexity index is 1400. The van der Waals surface area contributed by atoms with Crippen molar-refractivity contribution in [2.45, 2.75) is 373 Å². The van der Waals surface area contributed by atoms with Crippen LogP contribution in [0.25, 0.3) is 0 Å². The third-order valence-corrected chi connectivity index (χ3v) is 17.3. The maximum atomic E-state index is 13.0. The van der Waals surface area contributed by atoms with Gasteiger partial charge in [0.25, 0.3) is 7.82 Å².